The summed E-state index contributed by atoms with van der Waals surface area (Å²) in [6.45, 7) is 9.57. The van der Waals surface area contributed by atoms with Gasteiger partial charge in [0.15, 0.2) is 0 Å². The molecule has 0 saturated heterocycles. The van der Waals surface area contributed by atoms with Gasteiger partial charge in [-0.1, -0.05) is 89.5 Å². The molecule has 0 fully saturated rings. The van der Waals surface area contributed by atoms with Crippen molar-refractivity contribution in [1.82, 2.24) is 0 Å². The van der Waals surface area contributed by atoms with Crippen LogP contribution in [0.4, 0.5) is 0 Å². The van der Waals surface area contributed by atoms with E-state index in [9.17, 15) is 8.42 Å². The molecule has 0 spiro atoms. The first-order valence-electron chi connectivity index (χ1n) is 14.3. The number of halogens is 2. The summed E-state index contributed by atoms with van der Waals surface area (Å²) in [5, 5.41) is 0. The van der Waals surface area contributed by atoms with Crippen molar-refractivity contribution >= 4 is 41.0 Å². The molecule has 240 valence electrons. The number of aryl methyl sites for hydroxylation is 1. The van der Waals surface area contributed by atoms with Crippen LogP contribution in [0.15, 0.2) is 118 Å². The van der Waals surface area contributed by atoms with Gasteiger partial charge in [0, 0.05) is 0 Å². The predicted molar refractivity (Wildman–Crippen MR) is 180 cm³/mol. The van der Waals surface area contributed by atoms with Gasteiger partial charge in [-0.25, -0.2) is 15.0 Å². The maximum absolute atomic E-state index is 11.3. The van der Waals surface area contributed by atoms with E-state index < -0.39 is 15.7 Å². The smallest absolute Gasteiger partial charge is 0.148 e. The molecular formula is C35H32Cl2N3O4RhS. The zero-order chi connectivity index (χ0) is 32.8. The molecule has 2 aliphatic rings. The van der Waals surface area contributed by atoms with Crippen LogP contribution < -0.4 is 0 Å². The Bertz CT molecular complexity index is 1680. The first-order chi connectivity index (χ1) is 22.3. The van der Waals surface area contributed by atoms with E-state index >= 15 is 0 Å². The van der Waals surface area contributed by atoms with Gasteiger partial charge in [-0.2, -0.15) is 0 Å². The molecule has 2 heterocycles. The zero-order valence-corrected chi connectivity index (χ0v) is 28.9. The minimum Gasteiger partial charge on any atom is -0.510 e. The summed E-state index contributed by atoms with van der Waals surface area (Å²) in [5.41, 5.74) is 5.24. The third-order valence-corrected chi connectivity index (χ3v) is 8.38. The molecule has 0 aromatic heterocycles. The predicted octanol–water partition coefficient (Wildman–Crippen LogP) is 7.29. The Morgan fingerprint density at radius 1 is 0.783 bits per heavy atom. The van der Waals surface area contributed by atoms with Crippen molar-refractivity contribution < 1.29 is 33.0 Å². The van der Waals surface area contributed by atoms with Crippen LogP contribution in [0.1, 0.15) is 27.8 Å². The summed E-state index contributed by atoms with van der Waals surface area (Å²) in [6.07, 6.45) is 1.75. The Labute approximate surface area is 286 Å². The number of sulfone groups is 1. The van der Waals surface area contributed by atoms with Gasteiger partial charge in [0.1, 0.15) is 25.0 Å². The van der Waals surface area contributed by atoms with Crippen molar-refractivity contribution in [3.8, 4) is 0 Å². The zero-order valence-electron chi connectivity index (χ0n) is 25.0. The van der Waals surface area contributed by atoms with Gasteiger partial charge < -0.3 is 9.47 Å². The number of hydrogen-bond donors (Lipinski definition) is 0. The quantitative estimate of drug-likeness (QED) is 0.140. The Balaban J connectivity index is 0.000000251. The number of ether oxygens (including phenoxy) is 2. The molecule has 11 heteroatoms. The SMILES string of the molecule is [C-]#[N+]CS(=O)(=O)c1ccc(C)cc1.[Cl][Rh+][Cl].[c-]1c(C2=N[C@@H](Cc3ccccc3)CO2)cccc1C1=N[C@@H](Cc2ccccc2)CO1. The first kappa shape index (κ1) is 35.3. The summed E-state index contributed by atoms with van der Waals surface area (Å²) in [4.78, 5) is 12.6. The standard InChI is InChI=1S/C26H23N2O2.C9H9NO2S.2ClH.Rh/c1-3-8-19(9-4-1)14-23-17-29-25(27-23)21-12-7-13-22(16-21)26-28-24(18-30-26)15-20-10-5-2-6-11-20;1-8-3-5-9(6-4-8)13(11,12)7-10-2;;;/h1-13,23-24H,14-15,17-18H2;3-6H,7H2,1H3;2*1H;/q-1;;;;+3/p-2/t23-,24-;;;;/m0..../s1. The van der Waals surface area contributed by atoms with Crippen molar-refractivity contribution in [2.75, 3.05) is 19.1 Å². The van der Waals surface area contributed by atoms with E-state index in [0.29, 0.717) is 25.0 Å². The average molecular weight is 765 g/mol. The van der Waals surface area contributed by atoms with Gasteiger partial charge >= 0.3 is 40.4 Å². The molecule has 0 N–H and O–H groups in total. The molecule has 0 amide bonds. The number of aliphatic imine (C=N–C) groups is 2. The Kier molecular flexibility index (Phi) is 13.8. The third-order valence-electron chi connectivity index (χ3n) is 6.92. The maximum atomic E-state index is 11.3. The molecule has 0 saturated carbocycles. The van der Waals surface area contributed by atoms with Crippen LogP contribution in [0.5, 0.6) is 0 Å². The van der Waals surface area contributed by atoms with Crippen LogP contribution in [0.2, 0.25) is 0 Å². The molecule has 4 aromatic rings. The summed E-state index contributed by atoms with van der Waals surface area (Å²) in [5.74, 6) is 0.824. The third kappa shape index (κ3) is 10.8. The van der Waals surface area contributed by atoms with Crippen molar-refractivity contribution in [2.45, 2.75) is 36.7 Å². The van der Waals surface area contributed by atoms with E-state index in [4.69, 9.17) is 45.4 Å². The number of hydrogen-bond acceptors (Lipinski definition) is 6. The fourth-order valence-electron chi connectivity index (χ4n) is 4.73. The molecule has 6 rings (SSSR count). The second kappa shape index (κ2) is 18.0. The van der Waals surface area contributed by atoms with Crippen molar-refractivity contribution in [3.05, 3.63) is 148 Å². The maximum Gasteiger partial charge on any atom is 0.148 e. The van der Waals surface area contributed by atoms with E-state index in [-0.39, 0.29) is 32.1 Å². The van der Waals surface area contributed by atoms with Crippen LogP contribution in [0.3, 0.4) is 0 Å². The Hall–Kier alpha value is -3.54. The molecule has 2 atom stereocenters. The second-order valence-electron chi connectivity index (χ2n) is 10.4. The van der Waals surface area contributed by atoms with Gasteiger partial charge in [0.05, 0.1) is 17.0 Å². The number of nitrogens with zero attached hydrogens (tertiary/aromatic N) is 3. The average Bonchev–Trinajstić information content (AvgIpc) is 3.73. The van der Waals surface area contributed by atoms with Gasteiger partial charge in [-0.05, 0) is 43.0 Å². The topological polar surface area (TPSA) is 81.7 Å². The van der Waals surface area contributed by atoms with E-state index in [0.717, 1.165) is 29.5 Å². The van der Waals surface area contributed by atoms with Crippen LogP contribution in [-0.4, -0.2) is 51.4 Å². The van der Waals surface area contributed by atoms with E-state index in [1.807, 2.05) is 37.3 Å². The van der Waals surface area contributed by atoms with Gasteiger partial charge in [0.2, 0.25) is 0 Å². The van der Waals surface area contributed by atoms with Crippen molar-refractivity contribution in [2.24, 2.45) is 9.98 Å². The van der Waals surface area contributed by atoms with Crippen molar-refractivity contribution in [1.29, 1.82) is 0 Å². The van der Waals surface area contributed by atoms with Crippen LogP contribution in [0.25, 0.3) is 4.85 Å². The molecule has 0 aliphatic carbocycles. The van der Waals surface area contributed by atoms with Crippen LogP contribution in [-0.2, 0) is 47.3 Å². The minimum absolute atomic E-state index is 0.134. The van der Waals surface area contributed by atoms with Crippen LogP contribution in [0, 0.1) is 19.6 Å². The largest absolute Gasteiger partial charge is 0.510 e. The molecular weight excluding hydrogens is 732 g/mol. The molecule has 2 aliphatic heterocycles. The van der Waals surface area contributed by atoms with Crippen molar-refractivity contribution in [3.63, 3.8) is 0 Å². The van der Waals surface area contributed by atoms with Gasteiger partial charge in [-0.15, -0.1) is 24.3 Å². The van der Waals surface area contributed by atoms with Gasteiger partial charge in [0.25, 0.3) is 9.84 Å². The summed E-state index contributed by atoms with van der Waals surface area (Å²) >= 11 is -0.226. The molecule has 4 aromatic carbocycles. The van der Waals surface area contributed by atoms with E-state index in [1.54, 1.807) is 12.1 Å². The molecule has 0 bridgehead atoms. The fraction of sp³-hybridized carbons (Fsp3) is 0.229. The molecule has 0 unspecified atom stereocenters. The molecule has 0 radical (unpaired) electrons. The summed E-state index contributed by atoms with van der Waals surface area (Å²) in [7, 11) is 6.29. The summed E-state index contributed by atoms with van der Waals surface area (Å²) in [6, 6.07) is 36.9. The van der Waals surface area contributed by atoms with E-state index in [2.05, 4.69) is 59.4 Å². The van der Waals surface area contributed by atoms with Gasteiger partial charge in [-0.3, -0.25) is 14.8 Å². The first-order valence-corrected chi connectivity index (χ1v) is 20.2. The Morgan fingerprint density at radius 3 is 1.67 bits per heavy atom. The number of rotatable bonds is 8. The number of benzene rings is 4. The van der Waals surface area contributed by atoms with Crippen LogP contribution >= 0.6 is 19.4 Å². The monoisotopic (exact) mass is 763 g/mol. The Morgan fingerprint density at radius 2 is 1.24 bits per heavy atom. The van der Waals surface area contributed by atoms with E-state index in [1.165, 1.54) is 23.3 Å². The summed E-state index contributed by atoms with van der Waals surface area (Å²) < 4.78 is 34.4. The normalized spacial score (nSPS) is 16.7. The fourth-order valence-corrected chi connectivity index (χ4v) is 5.60. The minimum atomic E-state index is -3.38. The second-order valence-corrected chi connectivity index (χ2v) is 14.9. The molecule has 46 heavy (non-hydrogen) atoms. The molecule has 7 nitrogen and oxygen atoms in total.